The zero-order valence-electron chi connectivity index (χ0n) is 10.4. The maximum atomic E-state index is 11.3. The van der Waals surface area contributed by atoms with Crippen molar-refractivity contribution in [3.8, 4) is 0 Å². The highest BCUT2D eigenvalue weighted by molar-refractivity contribution is 7.99. The predicted octanol–water partition coefficient (Wildman–Crippen LogP) is 1.36. The lowest BCUT2D eigenvalue weighted by atomic mass is 10.1. The van der Waals surface area contributed by atoms with Crippen molar-refractivity contribution in [3.05, 3.63) is 12.4 Å². The summed E-state index contributed by atoms with van der Waals surface area (Å²) in [5.41, 5.74) is -0.910. The fraction of sp³-hybridized carbons (Fsp3) is 0.636. The van der Waals surface area contributed by atoms with E-state index in [0.29, 0.717) is 12.3 Å². The molecule has 0 amide bonds. The molecule has 2 N–H and O–H groups in total. The maximum Gasteiger partial charge on any atom is 0.324 e. The molecule has 6 heteroatoms. The fourth-order valence-electron chi connectivity index (χ4n) is 1.29. The monoisotopic (exact) mass is 257 g/mol. The normalized spacial score (nSPS) is 14.5. The van der Waals surface area contributed by atoms with Crippen molar-refractivity contribution in [2.24, 2.45) is 7.05 Å². The Morgan fingerprint density at radius 3 is 2.88 bits per heavy atom. The molecule has 0 aliphatic rings. The molecule has 0 aliphatic carbocycles. The number of hydrogen-bond acceptors (Lipinski definition) is 4. The van der Waals surface area contributed by atoms with Crippen LogP contribution in [0.5, 0.6) is 0 Å². The Morgan fingerprint density at radius 1 is 1.71 bits per heavy atom. The van der Waals surface area contributed by atoms with Gasteiger partial charge in [0, 0.05) is 25.2 Å². The molecule has 0 radical (unpaired) electrons. The van der Waals surface area contributed by atoms with Crippen molar-refractivity contribution in [3.63, 3.8) is 0 Å². The van der Waals surface area contributed by atoms with Crippen LogP contribution in [0.1, 0.15) is 20.3 Å². The summed E-state index contributed by atoms with van der Waals surface area (Å²) >= 11 is 1.45. The topological polar surface area (TPSA) is 67.2 Å². The third-order valence-electron chi connectivity index (χ3n) is 2.50. The van der Waals surface area contributed by atoms with Crippen LogP contribution in [-0.2, 0) is 11.8 Å². The van der Waals surface area contributed by atoms with E-state index in [2.05, 4.69) is 10.3 Å². The number of hydrogen-bond donors (Lipinski definition) is 2. The first-order chi connectivity index (χ1) is 7.99. The summed E-state index contributed by atoms with van der Waals surface area (Å²) < 4.78 is 1.88. The molecule has 0 saturated heterocycles. The van der Waals surface area contributed by atoms with Crippen LogP contribution in [0, 0.1) is 0 Å². The molecular weight excluding hydrogens is 238 g/mol. The highest BCUT2D eigenvalue weighted by Crippen LogP contribution is 2.20. The second-order valence-electron chi connectivity index (χ2n) is 4.17. The molecule has 1 rings (SSSR count). The number of carboxylic acids is 1. The zero-order chi connectivity index (χ0) is 12.9. The minimum Gasteiger partial charge on any atom is -0.480 e. The summed E-state index contributed by atoms with van der Waals surface area (Å²) in [6.45, 7) is 4.42. The second-order valence-corrected chi connectivity index (χ2v) is 5.12. The van der Waals surface area contributed by atoms with Crippen LogP contribution in [0.4, 0.5) is 0 Å². The van der Waals surface area contributed by atoms with Gasteiger partial charge in [-0.1, -0.05) is 18.7 Å². The molecule has 17 heavy (non-hydrogen) atoms. The first kappa shape index (κ1) is 14.1. The van der Waals surface area contributed by atoms with Crippen LogP contribution in [0.15, 0.2) is 17.6 Å². The van der Waals surface area contributed by atoms with Crippen LogP contribution >= 0.6 is 11.8 Å². The first-order valence-corrected chi connectivity index (χ1v) is 6.56. The van der Waals surface area contributed by atoms with Crippen molar-refractivity contribution < 1.29 is 9.90 Å². The van der Waals surface area contributed by atoms with Gasteiger partial charge in [-0.2, -0.15) is 0 Å². The third-order valence-corrected chi connectivity index (χ3v) is 3.88. The van der Waals surface area contributed by atoms with Crippen molar-refractivity contribution in [1.82, 2.24) is 14.9 Å². The minimum atomic E-state index is -0.910. The summed E-state index contributed by atoms with van der Waals surface area (Å²) in [4.78, 5) is 15.4. The molecule has 0 spiro atoms. The molecule has 5 nitrogen and oxygen atoms in total. The van der Waals surface area contributed by atoms with Gasteiger partial charge in [0.1, 0.15) is 5.54 Å². The lowest BCUT2D eigenvalue weighted by molar-refractivity contribution is -0.143. The summed E-state index contributed by atoms with van der Waals surface area (Å²) in [6, 6.07) is 0. The van der Waals surface area contributed by atoms with Crippen molar-refractivity contribution in [2.75, 3.05) is 12.3 Å². The molecule has 1 aromatic heterocycles. The number of imidazole rings is 1. The summed E-state index contributed by atoms with van der Waals surface area (Å²) in [6.07, 6.45) is 4.47. The predicted molar refractivity (Wildman–Crippen MR) is 68.3 cm³/mol. The Labute approximate surface area is 106 Å². The highest BCUT2D eigenvalue weighted by Gasteiger charge is 2.32. The van der Waals surface area contributed by atoms with Gasteiger partial charge < -0.3 is 15.0 Å². The Morgan fingerprint density at radius 2 is 2.41 bits per heavy atom. The molecular formula is C11H19N3O2S. The fourth-order valence-corrected chi connectivity index (χ4v) is 2.33. The number of aromatic nitrogens is 2. The molecule has 1 heterocycles. The summed E-state index contributed by atoms with van der Waals surface area (Å²) in [7, 11) is 1.90. The van der Waals surface area contributed by atoms with Gasteiger partial charge in [0.2, 0.25) is 0 Å². The number of carboxylic acid groups (broad SMARTS) is 1. The Bertz CT molecular complexity index is 381. The van der Waals surface area contributed by atoms with Gasteiger partial charge in [-0.15, -0.1) is 0 Å². The average Bonchev–Trinajstić information content (AvgIpc) is 2.69. The van der Waals surface area contributed by atoms with Crippen LogP contribution in [0.3, 0.4) is 0 Å². The Balaban J connectivity index is 2.61. The SMILES string of the molecule is CCCNC(C)(CSc1nccn1C)C(=O)O. The van der Waals surface area contributed by atoms with E-state index in [0.717, 1.165) is 11.6 Å². The zero-order valence-corrected chi connectivity index (χ0v) is 11.3. The van der Waals surface area contributed by atoms with Crippen molar-refractivity contribution >= 4 is 17.7 Å². The third kappa shape index (κ3) is 3.74. The number of nitrogens with one attached hydrogen (secondary N) is 1. The van der Waals surface area contributed by atoms with E-state index in [1.165, 1.54) is 11.8 Å². The largest absolute Gasteiger partial charge is 0.480 e. The van der Waals surface area contributed by atoms with Crippen LogP contribution < -0.4 is 5.32 Å². The molecule has 0 aromatic carbocycles. The summed E-state index contributed by atoms with van der Waals surface area (Å²) in [5.74, 6) is -0.375. The number of carbonyl (C=O) groups is 1. The van der Waals surface area contributed by atoms with E-state index in [1.807, 2.05) is 24.7 Å². The summed E-state index contributed by atoms with van der Waals surface area (Å²) in [5, 5.41) is 13.2. The van der Waals surface area contributed by atoms with Gasteiger partial charge >= 0.3 is 5.97 Å². The van der Waals surface area contributed by atoms with Gasteiger partial charge in [-0.3, -0.25) is 4.79 Å². The van der Waals surface area contributed by atoms with Crippen LogP contribution in [0.25, 0.3) is 0 Å². The van der Waals surface area contributed by atoms with E-state index < -0.39 is 11.5 Å². The molecule has 1 unspecified atom stereocenters. The molecule has 1 aromatic rings. The number of aryl methyl sites for hydroxylation is 1. The molecule has 0 aliphatic heterocycles. The van der Waals surface area contributed by atoms with Gasteiger partial charge in [-0.25, -0.2) is 4.98 Å². The lowest BCUT2D eigenvalue weighted by Crippen LogP contribution is -2.52. The lowest BCUT2D eigenvalue weighted by Gasteiger charge is -2.25. The van der Waals surface area contributed by atoms with E-state index in [1.54, 1.807) is 13.1 Å². The van der Waals surface area contributed by atoms with Crippen molar-refractivity contribution in [2.45, 2.75) is 31.0 Å². The minimum absolute atomic E-state index is 0.452. The Kier molecular flexibility index (Phi) is 5.02. The van der Waals surface area contributed by atoms with Gasteiger partial charge in [0.25, 0.3) is 0 Å². The standard InChI is InChI=1S/C11H19N3O2S/c1-4-5-13-11(2,9(15)16)8-17-10-12-6-7-14(10)3/h6-7,13H,4-5,8H2,1-3H3,(H,15,16). The van der Waals surface area contributed by atoms with E-state index >= 15 is 0 Å². The smallest absolute Gasteiger partial charge is 0.324 e. The molecule has 1 atom stereocenters. The molecule has 96 valence electrons. The molecule has 0 saturated carbocycles. The quantitative estimate of drug-likeness (QED) is 0.722. The number of thioether (sulfide) groups is 1. The number of aliphatic carboxylic acids is 1. The van der Waals surface area contributed by atoms with E-state index in [-0.39, 0.29) is 0 Å². The van der Waals surface area contributed by atoms with Crippen LogP contribution in [-0.4, -0.2) is 38.5 Å². The Hall–Kier alpha value is -1.01. The van der Waals surface area contributed by atoms with E-state index in [9.17, 15) is 9.90 Å². The average molecular weight is 257 g/mol. The van der Waals surface area contributed by atoms with Gasteiger partial charge in [-0.05, 0) is 19.9 Å². The van der Waals surface area contributed by atoms with Gasteiger partial charge in [0.05, 0.1) is 0 Å². The van der Waals surface area contributed by atoms with Crippen molar-refractivity contribution in [1.29, 1.82) is 0 Å². The second kappa shape index (κ2) is 6.07. The van der Waals surface area contributed by atoms with E-state index in [4.69, 9.17) is 0 Å². The molecule has 0 fully saturated rings. The van der Waals surface area contributed by atoms with Crippen LogP contribution in [0.2, 0.25) is 0 Å². The molecule has 0 bridgehead atoms. The first-order valence-electron chi connectivity index (χ1n) is 5.58. The van der Waals surface area contributed by atoms with Gasteiger partial charge in [0.15, 0.2) is 5.16 Å². The highest BCUT2D eigenvalue weighted by atomic mass is 32.2. The number of rotatable bonds is 7. The maximum absolute atomic E-state index is 11.3. The number of nitrogens with zero attached hydrogens (tertiary/aromatic N) is 2.